The summed E-state index contributed by atoms with van der Waals surface area (Å²) in [7, 11) is -2.25. The Morgan fingerprint density at radius 3 is 2.41 bits per heavy atom. The number of nitrogens with zero attached hydrogens (tertiary/aromatic N) is 2. The van der Waals surface area contributed by atoms with E-state index in [2.05, 4.69) is 44.2 Å². The van der Waals surface area contributed by atoms with Crippen LogP contribution in [0.3, 0.4) is 0 Å². The van der Waals surface area contributed by atoms with Crippen LogP contribution in [0.5, 0.6) is 0 Å². The zero-order chi connectivity index (χ0) is 25.5. The van der Waals surface area contributed by atoms with Crippen LogP contribution in [-0.2, 0) is 15.4 Å². The van der Waals surface area contributed by atoms with Gasteiger partial charge in [0.05, 0.1) is 11.7 Å². The fraction of sp³-hybridized carbons (Fsp3) is 0.520. The molecule has 3 rings (SSSR count). The summed E-state index contributed by atoms with van der Waals surface area (Å²) >= 11 is 0. The number of anilines is 2. The van der Waals surface area contributed by atoms with Crippen LogP contribution in [0.4, 0.5) is 24.7 Å². The molecular formula is C25H34F3N3O2Si. The van der Waals surface area contributed by atoms with Gasteiger partial charge in [-0.1, -0.05) is 32.9 Å². The van der Waals surface area contributed by atoms with E-state index >= 15 is 0 Å². The summed E-state index contributed by atoms with van der Waals surface area (Å²) in [5.41, 5.74) is 1.10. The van der Waals surface area contributed by atoms with Crippen LogP contribution in [0, 0.1) is 13.8 Å². The van der Waals surface area contributed by atoms with Crippen molar-refractivity contribution in [3.05, 3.63) is 53.2 Å². The number of hydrogen-bond donors (Lipinski definition) is 1. The lowest BCUT2D eigenvalue weighted by Gasteiger charge is -2.40. The van der Waals surface area contributed by atoms with Crippen LogP contribution in [0.2, 0.25) is 18.1 Å². The minimum Gasteiger partial charge on any atom is -0.411 e. The van der Waals surface area contributed by atoms with Gasteiger partial charge in [0.15, 0.2) is 8.32 Å². The maximum absolute atomic E-state index is 13.6. The lowest BCUT2D eigenvalue weighted by atomic mass is 10.1. The second-order valence-corrected chi connectivity index (χ2v) is 15.3. The van der Waals surface area contributed by atoms with Gasteiger partial charge in [0, 0.05) is 17.9 Å². The molecule has 2 atom stereocenters. The van der Waals surface area contributed by atoms with Gasteiger partial charge in [-0.05, 0) is 68.2 Å². The maximum Gasteiger partial charge on any atom is 0.416 e. The van der Waals surface area contributed by atoms with Crippen LogP contribution in [0.15, 0.2) is 36.4 Å². The highest BCUT2D eigenvalue weighted by Crippen LogP contribution is 2.40. The van der Waals surface area contributed by atoms with Crippen molar-refractivity contribution < 1.29 is 22.4 Å². The average molecular weight is 494 g/mol. The van der Waals surface area contributed by atoms with Gasteiger partial charge in [-0.25, -0.2) is 4.98 Å². The Balaban J connectivity index is 2.00. The van der Waals surface area contributed by atoms with E-state index in [0.717, 1.165) is 17.7 Å². The smallest absolute Gasteiger partial charge is 0.411 e. The molecule has 0 unspecified atom stereocenters. The highest BCUT2D eigenvalue weighted by Gasteiger charge is 2.47. The molecule has 2 aromatic rings. The molecule has 0 saturated carbocycles. The fourth-order valence-corrected chi connectivity index (χ4v) is 5.27. The third kappa shape index (κ3) is 5.80. The number of nitrogens with one attached hydrogen (secondary N) is 1. The van der Waals surface area contributed by atoms with Gasteiger partial charge in [-0.3, -0.25) is 4.79 Å². The standard InChI is InChI=1S/C25H34F3N3O2Si/c1-16-9-8-10-19(13-16)30-23(32)22-20(33-34(6,7)24(3,4)5)11-12-31(22)21-15-18(25(26,27)28)14-17(2)29-21/h8-10,13-15,20,22H,11-12H2,1-7H3,(H,30,32)/t20-,22+/m1/s1. The van der Waals surface area contributed by atoms with Gasteiger partial charge in [0.1, 0.15) is 11.9 Å². The maximum atomic E-state index is 13.6. The predicted molar refractivity (Wildman–Crippen MR) is 132 cm³/mol. The van der Waals surface area contributed by atoms with Gasteiger partial charge in [-0.2, -0.15) is 13.2 Å². The van der Waals surface area contributed by atoms with Gasteiger partial charge >= 0.3 is 6.18 Å². The molecule has 9 heteroatoms. The summed E-state index contributed by atoms with van der Waals surface area (Å²) < 4.78 is 47.1. The number of benzene rings is 1. The van der Waals surface area contributed by atoms with Crippen molar-refractivity contribution in [1.82, 2.24) is 4.98 Å². The van der Waals surface area contributed by atoms with E-state index in [4.69, 9.17) is 4.43 Å². The van der Waals surface area contributed by atoms with Gasteiger partial charge in [0.2, 0.25) is 5.91 Å². The number of aromatic nitrogens is 1. The first-order chi connectivity index (χ1) is 15.6. The van der Waals surface area contributed by atoms with Crippen molar-refractivity contribution >= 4 is 25.7 Å². The van der Waals surface area contributed by atoms with Crippen LogP contribution in [-0.4, -0.2) is 37.9 Å². The molecule has 34 heavy (non-hydrogen) atoms. The lowest BCUT2D eigenvalue weighted by Crippen LogP contribution is -2.52. The minimum absolute atomic E-state index is 0.0803. The Morgan fingerprint density at radius 1 is 1.15 bits per heavy atom. The fourth-order valence-electron chi connectivity index (χ4n) is 3.91. The molecule has 0 spiro atoms. The molecule has 1 amide bonds. The lowest BCUT2D eigenvalue weighted by molar-refractivity contribution is -0.137. The van der Waals surface area contributed by atoms with Gasteiger partial charge in [0.25, 0.3) is 0 Å². The first-order valence-electron chi connectivity index (χ1n) is 11.5. The second-order valence-electron chi connectivity index (χ2n) is 10.6. The van der Waals surface area contributed by atoms with Crippen LogP contribution < -0.4 is 10.2 Å². The molecule has 1 saturated heterocycles. The summed E-state index contributed by atoms with van der Waals surface area (Å²) in [4.78, 5) is 19.6. The quantitative estimate of drug-likeness (QED) is 0.495. The topological polar surface area (TPSA) is 54.5 Å². The number of rotatable bonds is 5. The summed E-state index contributed by atoms with van der Waals surface area (Å²) in [6, 6.07) is 8.66. The number of carbonyl (C=O) groups excluding carboxylic acids is 1. The van der Waals surface area contributed by atoms with E-state index < -0.39 is 32.2 Å². The van der Waals surface area contributed by atoms with E-state index in [-0.39, 0.29) is 22.5 Å². The number of carbonyl (C=O) groups is 1. The number of amides is 1. The monoisotopic (exact) mass is 493 g/mol. The molecule has 5 nitrogen and oxygen atoms in total. The summed E-state index contributed by atoms with van der Waals surface area (Å²) in [5, 5.41) is 2.86. The van der Waals surface area contributed by atoms with E-state index in [1.807, 2.05) is 25.1 Å². The van der Waals surface area contributed by atoms with E-state index in [0.29, 0.717) is 18.7 Å². The van der Waals surface area contributed by atoms with Crippen LogP contribution in [0.1, 0.15) is 44.0 Å². The van der Waals surface area contributed by atoms with Gasteiger partial charge in [-0.15, -0.1) is 0 Å². The van der Waals surface area contributed by atoms with Crippen molar-refractivity contribution in [1.29, 1.82) is 0 Å². The Hall–Kier alpha value is -2.39. The largest absolute Gasteiger partial charge is 0.416 e. The molecule has 186 valence electrons. The molecule has 0 aliphatic carbocycles. The summed E-state index contributed by atoms with van der Waals surface area (Å²) in [6.45, 7) is 14.4. The normalized spacial score (nSPS) is 19.4. The second kappa shape index (κ2) is 9.34. The zero-order valence-electron chi connectivity index (χ0n) is 20.9. The third-order valence-corrected chi connectivity index (χ3v) is 11.2. The highest BCUT2D eigenvalue weighted by atomic mass is 28.4. The average Bonchev–Trinajstić information content (AvgIpc) is 3.09. The highest BCUT2D eigenvalue weighted by molar-refractivity contribution is 6.74. The first-order valence-corrected chi connectivity index (χ1v) is 14.4. The van der Waals surface area contributed by atoms with Crippen molar-refractivity contribution in [2.75, 3.05) is 16.8 Å². The molecule has 1 fully saturated rings. The van der Waals surface area contributed by atoms with Crippen molar-refractivity contribution in [3.8, 4) is 0 Å². The minimum atomic E-state index is -4.50. The number of halogens is 3. The molecule has 1 aromatic heterocycles. The van der Waals surface area contributed by atoms with E-state index in [9.17, 15) is 18.0 Å². The van der Waals surface area contributed by atoms with Crippen molar-refractivity contribution in [2.45, 2.75) is 77.5 Å². The molecule has 0 radical (unpaired) electrons. The van der Waals surface area contributed by atoms with Gasteiger partial charge < -0.3 is 14.6 Å². The summed E-state index contributed by atoms with van der Waals surface area (Å²) in [5.74, 6) is -0.179. The van der Waals surface area contributed by atoms with E-state index in [1.165, 1.54) is 6.92 Å². The zero-order valence-corrected chi connectivity index (χ0v) is 21.9. The van der Waals surface area contributed by atoms with E-state index in [1.54, 1.807) is 11.0 Å². The Labute approximate surface area is 200 Å². The SMILES string of the molecule is Cc1cccc(NC(=O)[C@@H]2[C@H](O[Si](C)(C)C(C)(C)C)CCN2c2cc(C(F)(F)F)cc(C)n2)c1. The molecule has 1 aromatic carbocycles. The molecular weight excluding hydrogens is 459 g/mol. The number of aryl methyl sites for hydroxylation is 2. The Bertz CT molecular complexity index is 1050. The van der Waals surface area contributed by atoms with Crippen molar-refractivity contribution in [2.24, 2.45) is 0 Å². The first kappa shape index (κ1) is 26.2. The third-order valence-electron chi connectivity index (χ3n) is 6.71. The molecule has 0 bridgehead atoms. The summed E-state index contributed by atoms with van der Waals surface area (Å²) in [6.07, 6.45) is -4.43. The Kier molecular flexibility index (Phi) is 7.20. The molecule has 2 heterocycles. The molecule has 1 aliphatic rings. The molecule has 1 aliphatic heterocycles. The Morgan fingerprint density at radius 2 is 1.82 bits per heavy atom. The number of hydrogen-bond acceptors (Lipinski definition) is 4. The predicted octanol–water partition coefficient (Wildman–Crippen LogP) is 6.33. The molecule has 1 N–H and O–H groups in total. The van der Waals surface area contributed by atoms with Crippen LogP contribution in [0.25, 0.3) is 0 Å². The number of pyridine rings is 1. The number of alkyl halides is 3. The van der Waals surface area contributed by atoms with Crippen molar-refractivity contribution in [3.63, 3.8) is 0 Å². The van der Waals surface area contributed by atoms with Crippen LogP contribution >= 0.6 is 0 Å².